The molecule has 1 heterocycles. The fourth-order valence-electron chi connectivity index (χ4n) is 2.14. The van der Waals surface area contributed by atoms with E-state index >= 15 is 0 Å². The quantitative estimate of drug-likeness (QED) is 0.506. The Labute approximate surface area is 118 Å². The van der Waals surface area contributed by atoms with Gasteiger partial charge in [-0.15, -0.1) is 6.58 Å². The molecular formula is C16H18N2O2. The highest BCUT2D eigenvalue weighted by Gasteiger charge is 2.34. The molecule has 0 spiro atoms. The molecule has 20 heavy (non-hydrogen) atoms. The van der Waals surface area contributed by atoms with Crippen LogP contribution in [0.4, 0.5) is 0 Å². The molecule has 0 unspecified atom stereocenters. The standard InChI is InChI=1S/C16H18N2O2/c1-3-9-18-15(19)10-14(16(18)20)12(2)17-11-13-7-5-4-6-8-13/h3-8,17H,1,9-11H2,2H3/b14-12-. The Morgan fingerprint density at radius 2 is 2.05 bits per heavy atom. The van der Waals surface area contributed by atoms with E-state index < -0.39 is 0 Å². The first-order valence-corrected chi connectivity index (χ1v) is 6.56. The Kier molecular flexibility index (Phi) is 4.35. The van der Waals surface area contributed by atoms with Gasteiger partial charge in [-0.2, -0.15) is 0 Å². The maximum Gasteiger partial charge on any atom is 0.258 e. The molecule has 1 aliphatic rings. The van der Waals surface area contributed by atoms with Gasteiger partial charge in [0.2, 0.25) is 5.91 Å². The predicted octanol–water partition coefficient (Wildman–Crippen LogP) is 2.00. The zero-order valence-corrected chi connectivity index (χ0v) is 11.6. The Hall–Kier alpha value is -2.36. The van der Waals surface area contributed by atoms with E-state index in [2.05, 4.69) is 11.9 Å². The van der Waals surface area contributed by atoms with Gasteiger partial charge in [-0.05, 0) is 12.5 Å². The Morgan fingerprint density at radius 3 is 2.70 bits per heavy atom. The number of likely N-dealkylation sites (tertiary alicyclic amines) is 1. The summed E-state index contributed by atoms with van der Waals surface area (Å²) < 4.78 is 0. The number of nitrogens with one attached hydrogen (secondary N) is 1. The molecule has 0 saturated carbocycles. The summed E-state index contributed by atoms with van der Waals surface area (Å²) in [4.78, 5) is 25.1. The number of allylic oxidation sites excluding steroid dienone is 1. The van der Waals surface area contributed by atoms with E-state index in [1.165, 1.54) is 4.90 Å². The van der Waals surface area contributed by atoms with Crippen molar-refractivity contribution < 1.29 is 9.59 Å². The molecule has 0 aliphatic carbocycles. The molecule has 0 radical (unpaired) electrons. The molecule has 2 amide bonds. The SMILES string of the molecule is C=CCN1C(=O)C/C(=C(\C)NCc2ccccc2)C1=O. The largest absolute Gasteiger partial charge is 0.384 e. The first-order chi connectivity index (χ1) is 9.63. The molecule has 4 heteroatoms. The lowest BCUT2D eigenvalue weighted by Gasteiger charge is -2.11. The first-order valence-electron chi connectivity index (χ1n) is 6.56. The highest BCUT2D eigenvalue weighted by molar-refractivity contribution is 6.13. The average Bonchev–Trinajstić information content (AvgIpc) is 2.74. The number of amides is 2. The smallest absolute Gasteiger partial charge is 0.258 e. The van der Waals surface area contributed by atoms with Crippen molar-refractivity contribution in [3.63, 3.8) is 0 Å². The minimum atomic E-state index is -0.215. The van der Waals surface area contributed by atoms with Crippen molar-refractivity contribution >= 4 is 11.8 Å². The molecule has 104 valence electrons. The summed E-state index contributed by atoms with van der Waals surface area (Å²) in [6, 6.07) is 9.92. The molecule has 1 aliphatic heterocycles. The van der Waals surface area contributed by atoms with Crippen LogP contribution in [0.3, 0.4) is 0 Å². The van der Waals surface area contributed by atoms with E-state index in [9.17, 15) is 9.59 Å². The second-order valence-corrected chi connectivity index (χ2v) is 4.72. The zero-order valence-electron chi connectivity index (χ0n) is 11.6. The van der Waals surface area contributed by atoms with Gasteiger partial charge < -0.3 is 5.32 Å². The Morgan fingerprint density at radius 1 is 1.35 bits per heavy atom. The van der Waals surface area contributed by atoms with Crippen molar-refractivity contribution in [2.75, 3.05) is 6.54 Å². The van der Waals surface area contributed by atoms with E-state index in [0.29, 0.717) is 12.1 Å². The van der Waals surface area contributed by atoms with Gasteiger partial charge in [0.25, 0.3) is 5.91 Å². The highest BCUT2D eigenvalue weighted by Crippen LogP contribution is 2.21. The van der Waals surface area contributed by atoms with Crippen LogP contribution < -0.4 is 5.32 Å². The van der Waals surface area contributed by atoms with Gasteiger partial charge in [-0.25, -0.2) is 0 Å². The number of benzene rings is 1. The van der Waals surface area contributed by atoms with E-state index in [1.54, 1.807) is 6.08 Å². The molecular weight excluding hydrogens is 252 g/mol. The summed E-state index contributed by atoms with van der Waals surface area (Å²) in [6.45, 7) is 6.30. The summed E-state index contributed by atoms with van der Waals surface area (Å²) in [5.41, 5.74) is 2.44. The van der Waals surface area contributed by atoms with Crippen LogP contribution in [0.5, 0.6) is 0 Å². The third-order valence-electron chi connectivity index (χ3n) is 3.30. The van der Waals surface area contributed by atoms with Crippen molar-refractivity contribution in [1.82, 2.24) is 10.2 Å². The first kappa shape index (κ1) is 14.1. The summed E-state index contributed by atoms with van der Waals surface area (Å²) in [6.07, 6.45) is 1.73. The summed E-state index contributed by atoms with van der Waals surface area (Å²) >= 11 is 0. The monoisotopic (exact) mass is 270 g/mol. The van der Waals surface area contributed by atoms with Crippen LogP contribution in [0, 0.1) is 0 Å². The zero-order chi connectivity index (χ0) is 14.5. The van der Waals surface area contributed by atoms with Gasteiger partial charge >= 0.3 is 0 Å². The number of hydrogen-bond donors (Lipinski definition) is 1. The topological polar surface area (TPSA) is 49.4 Å². The van der Waals surface area contributed by atoms with Crippen LogP contribution in [0.1, 0.15) is 18.9 Å². The Bertz CT molecular complexity index is 561. The molecule has 1 aromatic rings. The van der Waals surface area contributed by atoms with Gasteiger partial charge in [0.15, 0.2) is 0 Å². The van der Waals surface area contributed by atoms with E-state index in [1.807, 2.05) is 37.3 Å². The molecule has 0 bridgehead atoms. The molecule has 1 saturated heterocycles. The third kappa shape index (κ3) is 2.96. The van der Waals surface area contributed by atoms with E-state index in [0.717, 1.165) is 11.3 Å². The van der Waals surface area contributed by atoms with Crippen LogP contribution in [-0.4, -0.2) is 23.3 Å². The minimum Gasteiger partial charge on any atom is -0.384 e. The number of nitrogens with zero attached hydrogens (tertiary/aromatic N) is 1. The lowest BCUT2D eigenvalue weighted by molar-refractivity contribution is -0.136. The van der Waals surface area contributed by atoms with Gasteiger partial charge in [-0.3, -0.25) is 14.5 Å². The number of carbonyl (C=O) groups excluding carboxylic acids is 2. The van der Waals surface area contributed by atoms with Gasteiger partial charge in [0, 0.05) is 24.4 Å². The van der Waals surface area contributed by atoms with Crippen LogP contribution in [0.15, 0.2) is 54.3 Å². The summed E-state index contributed by atoms with van der Waals surface area (Å²) in [7, 11) is 0. The van der Waals surface area contributed by atoms with Gasteiger partial charge in [-0.1, -0.05) is 36.4 Å². The fraction of sp³-hybridized carbons (Fsp3) is 0.250. The summed E-state index contributed by atoms with van der Waals surface area (Å²) in [5, 5.41) is 3.21. The third-order valence-corrected chi connectivity index (χ3v) is 3.30. The molecule has 1 N–H and O–H groups in total. The molecule has 2 rings (SSSR count). The summed E-state index contributed by atoms with van der Waals surface area (Å²) in [5.74, 6) is -0.376. The van der Waals surface area contributed by atoms with Crippen molar-refractivity contribution in [2.24, 2.45) is 0 Å². The van der Waals surface area contributed by atoms with Crippen LogP contribution in [0.25, 0.3) is 0 Å². The van der Waals surface area contributed by atoms with Crippen molar-refractivity contribution in [1.29, 1.82) is 0 Å². The number of rotatable bonds is 5. The van der Waals surface area contributed by atoms with Crippen molar-refractivity contribution in [2.45, 2.75) is 19.9 Å². The maximum absolute atomic E-state index is 12.1. The van der Waals surface area contributed by atoms with Crippen molar-refractivity contribution in [3.8, 4) is 0 Å². The van der Waals surface area contributed by atoms with E-state index in [4.69, 9.17) is 0 Å². The number of imide groups is 1. The average molecular weight is 270 g/mol. The second kappa shape index (κ2) is 6.19. The second-order valence-electron chi connectivity index (χ2n) is 4.72. The van der Waals surface area contributed by atoms with Gasteiger partial charge in [0.05, 0.1) is 6.42 Å². The minimum absolute atomic E-state index is 0.161. The van der Waals surface area contributed by atoms with Gasteiger partial charge in [0.1, 0.15) is 0 Å². The highest BCUT2D eigenvalue weighted by atomic mass is 16.2. The van der Waals surface area contributed by atoms with Crippen molar-refractivity contribution in [3.05, 3.63) is 59.8 Å². The normalized spacial score (nSPS) is 17.4. The maximum atomic E-state index is 12.1. The number of hydrogen-bond acceptors (Lipinski definition) is 3. The molecule has 1 fully saturated rings. The molecule has 4 nitrogen and oxygen atoms in total. The molecule has 0 aromatic heterocycles. The lowest BCUT2D eigenvalue weighted by Crippen LogP contribution is -2.29. The fourth-order valence-corrected chi connectivity index (χ4v) is 2.14. The number of carbonyl (C=O) groups is 2. The Balaban J connectivity index is 2.07. The molecule has 0 atom stereocenters. The predicted molar refractivity (Wildman–Crippen MR) is 77.5 cm³/mol. The van der Waals surface area contributed by atoms with Crippen LogP contribution >= 0.6 is 0 Å². The lowest BCUT2D eigenvalue weighted by atomic mass is 10.1. The van der Waals surface area contributed by atoms with E-state index in [-0.39, 0.29) is 24.8 Å². The van der Waals surface area contributed by atoms with Crippen LogP contribution in [-0.2, 0) is 16.1 Å². The molecule has 1 aromatic carbocycles. The van der Waals surface area contributed by atoms with Crippen LogP contribution in [0.2, 0.25) is 0 Å².